The number of pyridine rings is 1. The van der Waals surface area contributed by atoms with Gasteiger partial charge >= 0.3 is 6.18 Å². The third-order valence-electron chi connectivity index (χ3n) is 4.64. The van der Waals surface area contributed by atoms with Crippen LogP contribution in [0, 0.1) is 0 Å². The van der Waals surface area contributed by atoms with E-state index < -0.39 is 23.6 Å². The topological polar surface area (TPSA) is 92.4 Å². The van der Waals surface area contributed by atoms with Crippen molar-refractivity contribution >= 4 is 29.0 Å². The molecule has 0 bridgehead atoms. The van der Waals surface area contributed by atoms with Gasteiger partial charge in [-0.2, -0.15) is 13.2 Å². The molecule has 172 valence electrons. The van der Waals surface area contributed by atoms with Crippen LogP contribution in [-0.2, 0) is 17.4 Å². The molecule has 0 aliphatic rings. The zero-order valence-electron chi connectivity index (χ0n) is 17.8. The number of amides is 2. The van der Waals surface area contributed by atoms with Crippen LogP contribution in [0.25, 0.3) is 0 Å². The molecule has 3 N–H and O–H groups in total. The van der Waals surface area contributed by atoms with E-state index in [1.54, 1.807) is 36.4 Å². The van der Waals surface area contributed by atoms with Gasteiger partial charge in [0.15, 0.2) is 0 Å². The first-order valence-electron chi connectivity index (χ1n) is 9.79. The molecular weight excluding hydrogens is 437 g/mol. The highest BCUT2D eigenvalue weighted by atomic mass is 19.4. The van der Waals surface area contributed by atoms with E-state index in [0.29, 0.717) is 17.5 Å². The Hall–Kier alpha value is -4.08. The first kappa shape index (κ1) is 23.6. The Labute approximate surface area is 188 Å². The maximum absolute atomic E-state index is 13.6. The zero-order chi connectivity index (χ0) is 24.0. The van der Waals surface area contributed by atoms with E-state index in [2.05, 4.69) is 20.9 Å². The second-order valence-electron chi connectivity index (χ2n) is 6.94. The van der Waals surface area contributed by atoms with Gasteiger partial charge in [0, 0.05) is 19.3 Å². The molecule has 0 saturated carbocycles. The molecule has 7 nitrogen and oxygen atoms in total. The summed E-state index contributed by atoms with van der Waals surface area (Å²) in [6, 6.07) is 14.1. The first-order valence-corrected chi connectivity index (χ1v) is 9.79. The molecule has 0 saturated heterocycles. The molecule has 0 atom stereocenters. The number of anilines is 3. The molecule has 0 aliphatic heterocycles. The number of hydrogen-bond donors (Lipinski definition) is 3. The fourth-order valence-corrected chi connectivity index (χ4v) is 3.08. The lowest BCUT2D eigenvalue weighted by Crippen LogP contribution is -2.20. The monoisotopic (exact) mass is 458 g/mol. The van der Waals surface area contributed by atoms with Crippen molar-refractivity contribution in [2.24, 2.45) is 0 Å². The summed E-state index contributed by atoms with van der Waals surface area (Å²) in [5, 5.41) is 7.60. The molecule has 0 radical (unpaired) electrons. The van der Waals surface area contributed by atoms with Crippen molar-refractivity contribution in [3.05, 3.63) is 77.5 Å². The Morgan fingerprint density at radius 1 is 1.03 bits per heavy atom. The minimum absolute atomic E-state index is 0.0256. The Morgan fingerprint density at radius 2 is 1.79 bits per heavy atom. The molecule has 10 heteroatoms. The van der Waals surface area contributed by atoms with Crippen molar-refractivity contribution in [1.29, 1.82) is 0 Å². The minimum atomic E-state index is -4.71. The fourth-order valence-electron chi connectivity index (χ4n) is 3.08. The summed E-state index contributed by atoms with van der Waals surface area (Å²) >= 11 is 0. The SMILES string of the molecule is CNC(=O)c1ccccc1Nc1cc(NC(=O)Cc2cccc(OC)c2)ncc1C(F)(F)F. The van der Waals surface area contributed by atoms with Crippen LogP contribution in [-0.4, -0.2) is 31.0 Å². The summed E-state index contributed by atoms with van der Waals surface area (Å²) in [4.78, 5) is 28.3. The van der Waals surface area contributed by atoms with E-state index in [0.717, 1.165) is 6.07 Å². The number of benzene rings is 2. The van der Waals surface area contributed by atoms with Crippen LogP contribution in [0.3, 0.4) is 0 Å². The largest absolute Gasteiger partial charge is 0.497 e. The summed E-state index contributed by atoms with van der Waals surface area (Å²) in [6.45, 7) is 0. The van der Waals surface area contributed by atoms with E-state index in [1.807, 2.05) is 0 Å². The molecule has 0 spiro atoms. The van der Waals surface area contributed by atoms with E-state index in [9.17, 15) is 22.8 Å². The number of ether oxygens (including phenoxy) is 1. The average molecular weight is 458 g/mol. The molecule has 33 heavy (non-hydrogen) atoms. The van der Waals surface area contributed by atoms with Gasteiger partial charge in [-0.05, 0) is 29.8 Å². The molecule has 1 heterocycles. The van der Waals surface area contributed by atoms with Crippen molar-refractivity contribution in [3.63, 3.8) is 0 Å². The number of aromatic nitrogens is 1. The summed E-state index contributed by atoms with van der Waals surface area (Å²) < 4.78 is 45.8. The second-order valence-corrected chi connectivity index (χ2v) is 6.94. The fraction of sp³-hybridized carbons (Fsp3) is 0.174. The molecule has 2 aromatic carbocycles. The second kappa shape index (κ2) is 10.0. The van der Waals surface area contributed by atoms with Gasteiger partial charge in [-0.1, -0.05) is 24.3 Å². The predicted molar refractivity (Wildman–Crippen MR) is 118 cm³/mol. The van der Waals surface area contributed by atoms with E-state index >= 15 is 0 Å². The third kappa shape index (κ3) is 6.00. The van der Waals surface area contributed by atoms with Gasteiger partial charge in [-0.15, -0.1) is 0 Å². The number of nitrogens with zero attached hydrogens (tertiary/aromatic N) is 1. The smallest absolute Gasteiger partial charge is 0.419 e. The van der Waals surface area contributed by atoms with Gasteiger partial charge in [0.25, 0.3) is 5.91 Å². The van der Waals surface area contributed by atoms with Gasteiger partial charge in [-0.25, -0.2) is 4.98 Å². The molecule has 3 rings (SSSR count). The maximum atomic E-state index is 13.6. The lowest BCUT2D eigenvalue weighted by atomic mass is 10.1. The maximum Gasteiger partial charge on any atom is 0.419 e. The first-order chi connectivity index (χ1) is 15.7. The number of carbonyl (C=O) groups excluding carboxylic acids is 2. The number of hydrogen-bond acceptors (Lipinski definition) is 5. The third-order valence-corrected chi connectivity index (χ3v) is 4.64. The number of carbonyl (C=O) groups is 2. The van der Waals surface area contributed by atoms with Crippen molar-refractivity contribution in [2.75, 3.05) is 24.8 Å². The summed E-state index contributed by atoms with van der Waals surface area (Å²) in [5.74, 6) is -0.426. The lowest BCUT2D eigenvalue weighted by molar-refractivity contribution is -0.137. The number of rotatable bonds is 7. The van der Waals surface area contributed by atoms with Crippen LogP contribution in [0.1, 0.15) is 21.5 Å². The van der Waals surface area contributed by atoms with Crippen LogP contribution in [0.15, 0.2) is 60.8 Å². The molecular formula is C23H21F3N4O3. The number of halogens is 3. The highest BCUT2D eigenvalue weighted by Gasteiger charge is 2.34. The lowest BCUT2D eigenvalue weighted by Gasteiger charge is -2.17. The van der Waals surface area contributed by atoms with Crippen LogP contribution in [0.4, 0.5) is 30.4 Å². The van der Waals surface area contributed by atoms with Crippen LogP contribution < -0.4 is 20.7 Å². The summed E-state index contributed by atoms with van der Waals surface area (Å²) in [7, 11) is 2.92. The Bertz CT molecular complexity index is 1170. The Kier molecular flexibility index (Phi) is 7.17. The molecule has 0 aliphatic carbocycles. The summed E-state index contributed by atoms with van der Waals surface area (Å²) in [5.41, 5.74) is -0.405. The highest BCUT2D eigenvalue weighted by molar-refractivity contribution is 6.00. The van der Waals surface area contributed by atoms with Gasteiger partial charge in [0.05, 0.1) is 36.0 Å². The van der Waals surface area contributed by atoms with Crippen LogP contribution in [0.5, 0.6) is 5.75 Å². The van der Waals surface area contributed by atoms with Gasteiger partial charge in [0.1, 0.15) is 11.6 Å². The van der Waals surface area contributed by atoms with Crippen molar-refractivity contribution in [2.45, 2.75) is 12.6 Å². The van der Waals surface area contributed by atoms with E-state index in [4.69, 9.17) is 4.74 Å². The Balaban J connectivity index is 1.88. The molecule has 0 fully saturated rings. The predicted octanol–water partition coefficient (Wildman–Crippen LogP) is 4.39. The highest BCUT2D eigenvalue weighted by Crippen LogP contribution is 2.37. The van der Waals surface area contributed by atoms with Gasteiger partial charge < -0.3 is 20.7 Å². The number of alkyl halides is 3. The van der Waals surface area contributed by atoms with Crippen molar-refractivity contribution in [1.82, 2.24) is 10.3 Å². The normalized spacial score (nSPS) is 10.9. The van der Waals surface area contributed by atoms with Crippen molar-refractivity contribution < 1.29 is 27.5 Å². The molecule has 2 amide bonds. The standard InChI is InChI=1S/C23H21F3N4O3/c1-27-22(32)16-8-3-4-9-18(16)29-19-12-20(28-13-17(19)23(24,25)26)30-21(31)11-14-6-5-7-15(10-14)33-2/h3-10,12-13H,11H2,1-2H3,(H,27,32)(H2,28,29,30,31). The quantitative estimate of drug-likeness (QED) is 0.488. The van der Waals surface area contributed by atoms with Crippen LogP contribution in [0.2, 0.25) is 0 Å². The Morgan fingerprint density at radius 3 is 2.48 bits per heavy atom. The van der Waals surface area contributed by atoms with E-state index in [1.165, 1.54) is 26.3 Å². The van der Waals surface area contributed by atoms with E-state index in [-0.39, 0.29) is 29.2 Å². The number of nitrogens with one attached hydrogen (secondary N) is 3. The number of para-hydroxylation sites is 1. The number of methoxy groups -OCH3 is 1. The molecule has 3 aromatic rings. The summed E-state index contributed by atoms with van der Waals surface area (Å²) in [6.07, 6.45) is -4.10. The molecule has 0 unspecified atom stereocenters. The van der Waals surface area contributed by atoms with Crippen LogP contribution >= 0.6 is 0 Å². The molecule has 1 aromatic heterocycles. The minimum Gasteiger partial charge on any atom is -0.497 e. The average Bonchev–Trinajstić information content (AvgIpc) is 2.78. The van der Waals surface area contributed by atoms with Gasteiger partial charge in [0.2, 0.25) is 5.91 Å². The zero-order valence-corrected chi connectivity index (χ0v) is 17.8. The van der Waals surface area contributed by atoms with Gasteiger partial charge in [-0.3, -0.25) is 9.59 Å². The van der Waals surface area contributed by atoms with Crippen molar-refractivity contribution in [3.8, 4) is 5.75 Å².